The van der Waals surface area contributed by atoms with E-state index in [4.69, 9.17) is 11.6 Å². The minimum atomic E-state index is 0.308. The van der Waals surface area contributed by atoms with Crippen LogP contribution >= 0.6 is 11.6 Å². The normalized spacial score (nSPS) is 13.3. The molecule has 2 aromatic rings. The van der Waals surface area contributed by atoms with Crippen LogP contribution in [0.4, 0.5) is 0 Å². The highest BCUT2D eigenvalue weighted by molar-refractivity contribution is 6.16. The van der Waals surface area contributed by atoms with E-state index in [9.17, 15) is 0 Å². The van der Waals surface area contributed by atoms with E-state index in [1.807, 2.05) is 12.3 Å². The first kappa shape index (κ1) is 15.3. The lowest BCUT2D eigenvalue weighted by atomic mass is 10.2. The summed E-state index contributed by atoms with van der Waals surface area (Å²) >= 11 is 6.08. The number of imidazole rings is 1. The number of hydrogen-bond donors (Lipinski definition) is 0. The minimum absolute atomic E-state index is 0.308. The standard InChI is InChI=1S/C15H23ClN4/c1-5-19(6-2)10-12(4)20-13(9-16)18-14-11(3)7-8-17-15(14)20/h7-8,12H,5-6,9-10H2,1-4H3. The number of hydrogen-bond acceptors (Lipinski definition) is 3. The van der Waals surface area contributed by atoms with Crippen LogP contribution in [0.3, 0.4) is 0 Å². The SMILES string of the molecule is CCN(CC)CC(C)n1c(CCl)nc2c(C)ccnc21. The molecular formula is C15H23ClN4. The second-order valence-electron chi connectivity index (χ2n) is 5.17. The van der Waals surface area contributed by atoms with Crippen molar-refractivity contribution < 1.29 is 0 Å². The average molecular weight is 295 g/mol. The smallest absolute Gasteiger partial charge is 0.160 e. The number of alkyl halides is 1. The molecule has 0 aliphatic carbocycles. The first-order chi connectivity index (χ1) is 9.62. The van der Waals surface area contributed by atoms with Gasteiger partial charge in [-0.2, -0.15) is 0 Å². The number of aryl methyl sites for hydroxylation is 1. The largest absolute Gasteiger partial charge is 0.308 e. The summed E-state index contributed by atoms with van der Waals surface area (Å²) in [5, 5.41) is 0. The fourth-order valence-electron chi connectivity index (χ4n) is 2.65. The predicted octanol–water partition coefficient (Wildman–Crippen LogP) is 3.38. The Balaban J connectivity index is 2.44. The second kappa shape index (κ2) is 6.55. The molecule has 2 aromatic heterocycles. The Labute approximate surface area is 125 Å². The third-order valence-corrected chi connectivity index (χ3v) is 4.07. The van der Waals surface area contributed by atoms with E-state index in [0.29, 0.717) is 11.9 Å². The van der Waals surface area contributed by atoms with E-state index in [1.165, 1.54) is 0 Å². The van der Waals surface area contributed by atoms with Gasteiger partial charge in [-0.15, -0.1) is 11.6 Å². The first-order valence-electron chi connectivity index (χ1n) is 7.23. The molecule has 0 amide bonds. The molecule has 0 spiro atoms. The minimum Gasteiger partial charge on any atom is -0.308 e. The molecule has 2 heterocycles. The van der Waals surface area contributed by atoms with Crippen LogP contribution in [0.15, 0.2) is 12.3 Å². The Morgan fingerprint density at radius 3 is 2.65 bits per heavy atom. The highest BCUT2D eigenvalue weighted by atomic mass is 35.5. The molecule has 5 heteroatoms. The summed E-state index contributed by atoms with van der Waals surface area (Å²) in [7, 11) is 0. The maximum Gasteiger partial charge on any atom is 0.160 e. The van der Waals surface area contributed by atoms with Gasteiger partial charge in [0.25, 0.3) is 0 Å². The van der Waals surface area contributed by atoms with Crippen molar-refractivity contribution in [3.05, 3.63) is 23.7 Å². The van der Waals surface area contributed by atoms with Crippen LogP contribution in [0.5, 0.6) is 0 Å². The lowest BCUT2D eigenvalue weighted by molar-refractivity contribution is 0.261. The molecule has 1 unspecified atom stereocenters. The summed E-state index contributed by atoms with van der Waals surface area (Å²) < 4.78 is 2.19. The number of halogens is 1. The molecular weight excluding hydrogens is 272 g/mol. The average Bonchev–Trinajstić information content (AvgIpc) is 2.84. The Bertz CT molecular complexity index is 575. The van der Waals surface area contributed by atoms with Crippen LogP contribution in [0, 0.1) is 6.92 Å². The third-order valence-electron chi connectivity index (χ3n) is 3.83. The maximum absolute atomic E-state index is 6.08. The second-order valence-corrected chi connectivity index (χ2v) is 5.43. The molecule has 4 nitrogen and oxygen atoms in total. The maximum atomic E-state index is 6.08. The Morgan fingerprint density at radius 2 is 2.05 bits per heavy atom. The molecule has 0 saturated carbocycles. The molecule has 110 valence electrons. The van der Waals surface area contributed by atoms with Crippen LogP contribution in [0.1, 0.15) is 38.2 Å². The van der Waals surface area contributed by atoms with E-state index in [0.717, 1.165) is 42.2 Å². The number of nitrogens with zero attached hydrogens (tertiary/aromatic N) is 4. The molecule has 2 rings (SSSR count). The predicted molar refractivity (Wildman–Crippen MR) is 84.3 cm³/mol. The van der Waals surface area contributed by atoms with Crippen molar-refractivity contribution in [3.8, 4) is 0 Å². The van der Waals surface area contributed by atoms with Gasteiger partial charge in [0.15, 0.2) is 5.65 Å². The quantitative estimate of drug-likeness (QED) is 0.766. The molecule has 0 fully saturated rings. The zero-order chi connectivity index (χ0) is 14.7. The van der Waals surface area contributed by atoms with Crippen molar-refractivity contribution in [1.82, 2.24) is 19.4 Å². The lowest BCUT2D eigenvalue weighted by Crippen LogP contribution is -2.30. The summed E-state index contributed by atoms with van der Waals surface area (Å²) in [5.41, 5.74) is 3.06. The third kappa shape index (κ3) is 2.81. The van der Waals surface area contributed by atoms with Crippen molar-refractivity contribution in [3.63, 3.8) is 0 Å². The Hall–Kier alpha value is -1.13. The van der Waals surface area contributed by atoms with Gasteiger partial charge in [0.2, 0.25) is 0 Å². The molecule has 0 N–H and O–H groups in total. The van der Waals surface area contributed by atoms with Crippen molar-refractivity contribution >= 4 is 22.8 Å². The molecule has 0 aliphatic heterocycles. The van der Waals surface area contributed by atoms with E-state index in [-0.39, 0.29) is 0 Å². The fourth-order valence-corrected chi connectivity index (χ4v) is 2.84. The number of rotatable bonds is 6. The molecule has 20 heavy (non-hydrogen) atoms. The molecule has 0 aromatic carbocycles. The Morgan fingerprint density at radius 1 is 1.35 bits per heavy atom. The fraction of sp³-hybridized carbons (Fsp3) is 0.600. The van der Waals surface area contributed by atoms with E-state index in [1.54, 1.807) is 0 Å². The zero-order valence-electron chi connectivity index (χ0n) is 12.7. The molecule has 0 aliphatic rings. The topological polar surface area (TPSA) is 34.0 Å². The number of fused-ring (bicyclic) bond motifs is 1. The summed E-state index contributed by atoms with van der Waals surface area (Å²) in [6, 6.07) is 2.30. The van der Waals surface area contributed by atoms with Gasteiger partial charge < -0.3 is 9.47 Å². The Kier molecular flexibility index (Phi) is 5.00. The molecule has 1 atom stereocenters. The summed E-state index contributed by atoms with van der Waals surface area (Å²) in [4.78, 5) is 11.6. The van der Waals surface area contributed by atoms with E-state index < -0.39 is 0 Å². The van der Waals surface area contributed by atoms with Gasteiger partial charge in [0.05, 0.1) is 5.88 Å². The van der Waals surface area contributed by atoms with E-state index >= 15 is 0 Å². The van der Waals surface area contributed by atoms with Gasteiger partial charge in [0, 0.05) is 18.8 Å². The molecule has 0 radical (unpaired) electrons. The summed E-state index contributed by atoms with van der Waals surface area (Å²) in [6.07, 6.45) is 1.85. The van der Waals surface area contributed by atoms with Crippen LogP contribution in [-0.4, -0.2) is 39.1 Å². The van der Waals surface area contributed by atoms with Crippen LogP contribution in [0.25, 0.3) is 11.2 Å². The van der Waals surface area contributed by atoms with Crippen molar-refractivity contribution in [1.29, 1.82) is 0 Å². The van der Waals surface area contributed by atoms with Gasteiger partial charge in [-0.3, -0.25) is 0 Å². The number of pyridine rings is 1. The zero-order valence-corrected chi connectivity index (χ0v) is 13.5. The lowest BCUT2D eigenvalue weighted by Gasteiger charge is -2.24. The van der Waals surface area contributed by atoms with Crippen molar-refractivity contribution in [2.45, 2.75) is 39.6 Å². The van der Waals surface area contributed by atoms with Gasteiger partial charge in [0.1, 0.15) is 11.3 Å². The van der Waals surface area contributed by atoms with Crippen LogP contribution in [-0.2, 0) is 5.88 Å². The van der Waals surface area contributed by atoms with Gasteiger partial charge in [-0.1, -0.05) is 13.8 Å². The number of likely N-dealkylation sites (N-methyl/N-ethyl adjacent to an activating group) is 1. The van der Waals surface area contributed by atoms with Gasteiger partial charge in [-0.25, -0.2) is 9.97 Å². The number of aromatic nitrogens is 3. The first-order valence-corrected chi connectivity index (χ1v) is 7.76. The monoisotopic (exact) mass is 294 g/mol. The highest BCUT2D eigenvalue weighted by Crippen LogP contribution is 2.23. The molecule has 0 bridgehead atoms. The van der Waals surface area contributed by atoms with Crippen molar-refractivity contribution in [2.24, 2.45) is 0 Å². The van der Waals surface area contributed by atoms with Crippen LogP contribution < -0.4 is 0 Å². The highest BCUT2D eigenvalue weighted by Gasteiger charge is 2.18. The summed E-state index contributed by atoms with van der Waals surface area (Å²) in [5.74, 6) is 1.32. The molecule has 0 saturated heterocycles. The van der Waals surface area contributed by atoms with Crippen LogP contribution in [0.2, 0.25) is 0 Å². The summed E-state index contributed by atoms with van der Waals surface area (Å²) in [6.45, 7) is 11.7. The van der Waals surface area contributed by atoms with Gasteiger partial charge >= 0.3 is 0 Å². The van der Waals surface area contributed by atoms with E-state index in [2.05, 4.69) is 47.1 Å². The van der Waals surface area contributed by atoms with Crippen molar-refractivity contribution in [2.75, 3.05) is 19.6 Å². The van der Waals surface area contributed by atoms with Gasteiger partial charge in [-0.05, 0) is 38.6 Å².